The highest BCUT2D eigenvalue weighted by molar-refractivity contribution is 5.81. The number of rotatable bonds is 4. The number of carboxylic acids is 1. The van der Waals surface area contributed by atoms with E-state index in [1.807, 2.05) is 0 Å². The number of carboxylic acid groups (broad SMARTS) is 1. The van der Waals surface area contributed by atoms with Gasteiger partial charge < -0.3 is 19.8 Å². The fraction of sp³-hybridized carbons (Fsp3) is 0.200. The van der Waals surface area contributed by atoms with E-state index in [2.05, 4.69) is 9.97 Å². The Balaban J connectivity index is 2.23. The number of fused-ring (bicyclic) bond motifs is 1. The number of hydrogen-bond donors (Lipinski definition) is 3. The van der Waals surface area contributed by atoms with Gasteiger partial charge in [0, 0.05) is 0 Å². The van der Waals surface area contributed by atoms with Crippen molar-refractivity contribution in [2.75, 3.05) is 6.61 Å². The van der Waals surface area contributed by atoms with Gasteiger partial charge in [-0.15, -0.1) is 0 Å². The van der Waals surface area contributed by atoms with E-state index in [4.69, 9.17) is 9.84 Å². The minimum Gasteiger partial charge on any atom is -0.491 e. The molecule has 0 saturated carbocycles. The second-order valence-electron chi connectivity index (χ2n) is 3.25. The number of hydrogen-bond acceptors (Lipinski definition) is 3. The van der Waals surface area contributed by atoms with Gasteiger partial charge in [0.15, 0.2) is 0 Å². The average Bonchev–Trinajstić information content (AvgIpc) is 2.58. The smallest absolute Gasteiger partial charge is 0.323 e. The predicted molar refractivity (Wildman–Crippen MR) is 56.7 cm³/mol. The Morgan fingerprint density at radius 2 is 2.19 bits per heavy atom. The molecule has 0 unspecified atom stereocenters. The lowest BCUT2D eigenvalue weighted by atomic mass is 10.3. The first-order valence-electron chi connectivity index (χ1n) is 4.72. The van der Waals surface area contributed by atoms with Crippen molar-refractivity contribution in [3.8, 4) is 5.75 Å². The molecule has 0 atom stereocenters. The zero-order valence-electron chi connectivity index (χ0n) is 8.32. The molecule has 84 valence electrons. The highest BCUT2D eigenvalue weighted by atomic mass is 16.5. The van der Waals surface area contributed by atoms with Crippen molar-refractivity contribution in [3.63, 3.8) is 0 Å². The Morgan fingerprint density at radius 3 is 2.94 bits per heavy atom. The average molecular weight is 222 g/mol. The first kappa shape index (κ1) is 10.3. The lowest BCUT2D eigenvalue weighted by Crippen LogP contribution is -2.05. The van der Waals surface area contributed by atoms with Gasteiger partial charge in [-0.3, -0.25) is 4.79 Å². The third-order valence-electron chi connectivity index (χ3n) is 2.09. The third kappa shape index (κ3) is 2.05. The normalized spacial score (nSPS) is 10.5. The second kappa shape index (κ2) is 4.09. The van der Waals surface area contributed by atoms with Crippen LogP contribution in [0.4, 0.5) is 0 Å². The Labute approximate surface area is 89.9 Å². The van der Waals surface area contributed by atoms with E-state index in [9.17, 15) is 9.59 Å². The van der Waals surface area contributed by atoms with Gasteiger partial charge in [0.2, 0.25) is 0 Å². The van der Waals surface area contributed by atoms with Crippen LogP contribution in [0.1, 0.15) is 6.42 Å². The molecule has 0 aliphatic heterocycles. The van der Waals surface area contributed by atoms with Gasteiger partial charge in [-0.05, 0) is 12.1 Å². The molecule has 1 aromatic heterocycles. The van der Waals surface area contributed by atoms with Crippen molar-refractivity contribution >= 4 is 17.0 Å². The van der Waals surface area contributed by atoms with Crippen molar-refractivity contribution in [1.82, 2.24) is 9.97 Å². The van der Waals surface area contributed by atoms with Crippen molar-refractivity contribution < 1.29 is 14.6 Å². The Kier molecular flexibility index (Phi) is 2.63. The minimum atomic E-state index is -0.922. The van der Waals surface area contributed by atoms with Gasteiger partial charge in [0.25, 0.3) is 0 Å². The van der Waals surface area contributed by atoms with Crippen LogP contribution in [0.5, 0.6) is 5.75 Å². The van der Waals surface area contributed by atoms with Crippen LogP contribution in [0.2, 0.25) is 0 Å². The molecule has 0 aliphatic carbocycles. The number of H-pyrrole nitrogens is 2. The second-order valence-corrected chi connectivity index (χ2v) is 3.25. The lowest BCUT2D eigenvalue weighted by Gasteiger charge is -2.04. The number of carbonyl (C=O) groups is 1. The molecule has 0 aliphatic rings. The zero-order chi connectivity index (χ0) is 11.5. The van der Waals surface area contributed by atoms with Crippen LogP contribution in [-0.4, -0.2) is 27.7 Å². The molecule has 2 aromatic rings. The maximum absolute atomic E-state index is 11.1. The van der Waals surface area contributed by atoms with Crippen LogP contribution in [0.25, 0.3) is 11.0 Å². The molecule has 1 aromatic carbocycles. The van der Waals surface area contributed by atoms with E-state index in [0.29, 0.717) is 16.8 Å². The summed E-state index contributed by atoms with van der Waals surface area (Å²) < 4.78 is 5.27. The SMILES string of the molecule is O=C(O)CCOc1cccc2[nH]c(=O)[nH]c12. The summed E-state index contributed by atoms with van der Waals surface area (Å²) in [7, 11) is 0. The van der Waals surface area contributed by atoms with Crippen molar-refractivity contribution in [2.24, 2.45) is 0 Å². The Morgan fingerprint density at radius 1 is 1.38 bits per heavy atom. The van der Waals surface area contributed by atoms with Crippen molar-refractivity contribution in [2.45, 2.75) is 6.42 Å². The van der Waals surface area contributed by atoms with Gasteiger partial charge >= 0.3 is 11.7 Å². The minimum absolute atomic E-state index is 0.0711. The lowest BCUT2D eigenvalue weighted by molar-refractivity contribution is -0.137. The van der Waals surface area contributed by atoms with Crippen LogP contribution in [0.15, 0.2) is 23.0 Å². The Bertz CT molecular complexity index is 569. The first-order valence-corrected chi connectivity index (χ1v) is 4.72. The van der Waals surface area contributed by atoms with Gasteiger partial charge in [-0.1, -0.05) is 6.07 Å². The molecule has 0 saturated heterocycles. The molecular weight excluding hydrogens is 212 g/mol. The van der Waals surface area contributed by atoms with Crippen LogP contribution in [-0.2, 0) is 4.79 Å². The molecule has 16 heavy (non-hydrogen) atoms. The van der Waals surface area contributed by atoms with Crippen molar-refractivity contribution in [1.29, 1.82) is 0 Å². The zero-order valence-corrected chi connectivity index (χ0v) is 8.32. The number of imidazole rings is 1. The van der Waals surface area contributed by atoms with E-state index in [-0.39, 0.29) is 18.7 Å². The monoisotopic (exact) mass is 222 g/mol. The summed E-state index contributed by atoms with van der Waals surface area (Å²) in [5.74, 6) is -0.452. The van der Waals surface area contributed by atoms with Crippen LogP contribution < -0.4 is 10.4 Å². The molecule has 0 bridgehead atoms. The molecule has 6 heteroatoms. The summed E-state index contributed by atoms with van der Waals surface area (Å²) >= 11 is 0. The highest BCUT2D eigenvalue weighted by Gasteiger charge is 2.05. The van der Waals surface area contributed by atoms with Crippen molar-refractivity contribution in [3.05, 3.63) is 28.7 Å². The van der Waals surface area contributed by atoms with Gasteiger partial charge in [-0.2, -0.15) is 0 Å². The van der Waals surface area contributed by atoms with Crippen LogP contribution >= 0.6 is 0 Å². The number of nitrogens with one attached hydrogen (secondary N) is 2. The molecule has 1 heterocycles. The number of benzene rings is 1. The summed E-state index contributed by atoms with van der Waals surface area (Å²) in [6.45, 7) is 0.0711. The number of para-hydroxylation sites is 1. The summed E-state index contributed by atoms with van der Waals surface area (Å²) in [4.78, 5) is 26.5. The largest absolute Gasteiger partial charge is 0.491 e. The highest BCUT2D eigenvalue weighted by Crippen LogP contribution is 2.20. The van der Waals surface area contributed by atoms with Crippen LogP contribution in [0.3, 0.4) is 0 Å². The van der Waals surface area contributed by atoms with Gasteiger partial charge in [0.1, 0.15) is 11.3 Å². The summed E-state index contributed by atoms with van der Waals surface area (Å²) in [6.07, 6.45) is -0.0783. The molecule has 2 rings (SSSR count). The summed E-state index contributed by atoms with van der Waals surface area (Å²) in [5, 5.41) is 8.46. The maximum atomic E-state index is 11.1. The number of aromatic nitrogens is 2. The maximum Gasteiger partial charge on any atom is 0.323 e. The van der Waals surface area contributed by atoms with E-state index in [1.54, 1.807) is 18.2 Å². The van der Waals surface area contributed by atoms with E-state index >= 15 is 0 Å². The molecule has 6 nitrogen and oxygen atoms in total. The predicted octanol–water partition coefficient (Wildman–Crippen LogP) is 0.710. The molecule has 0 radical (unpaired) electrons. The van der Waals surface area contributed by atoms with Gasteiger partial charge in [-0.25, -0.2) is 4.79 Å². The number of ether oxygens (including phenoxy) is 1. The van der Waals surface area contributed by atoms with E-state index < -0.39 is 5.97 Å². The topological polar surface area (TPSA) is 95.2 Å². The standard InChI is InChI=1S/C10H10N2O4/c13-8(14)4-5-16-7-3-1-2-6-9(7)12-10(15)11-6/h1-3H,4-5H2,(H,13,14)(H2,11,12,15). The van der Waals surface area contributed by atoms with Crippen LogP contribution in [0, 0.1) is 0 Å². The fourth-order valence-electron chi connectivity index (χ4n) is 1.40. The quantitative estimate of drug-likeness (QED) is 0.709. The summed E-state index contributed by atoms with van der Waals surface area (Å²) in [5.41, 5.74) is 0.875. The number of aliphatic carboxylic acids is 1. The molecule has 0 amide bonds. The number of aromatic amines is 2. The molecule has 3 N–H and O–H groups in total. The Hall–Kier alpha value is -2.24. The summed E-state index contributed by atoms with van der Waals surface area (Å²) in [6, 6.07) is 5.13. The van der Waals surface area contributed by atoms with Gasteiger partial charge in [0.05, 0.1) is 18.5 Å². The third-order valence-corrected chi connectivity index (χ3v) is 2.09. The molecule has 0 spiro atoms. The first-order chi connectivity index (χ1) is 7.66. The van der Waals surface area contributed by atoms with E-state index in [1.165, 1.54) is 0 Å². The molecule has 0 fully saturated rings. The molecular formula is C10H10N2O4. The van der Waals surface area contributed by atoms with E-state index in [0.717, 1.165) is 0 Å². The fourth-order valence-corrected chi connectivity index (χ4v) is 1.40.